The maximum atomic E-state index is 12.5. The van der Waals surface area contributed by atoms with Crippen LogP contribution in [0.2, 0.25) is 0 Å². The van der Waals surface area contributed by atoms with Gasteiger partial charge >= 0.3 is 6.03 Å². The van der Waals surface area contributed by atoms with Crippen LogP contribution in [0.1, 0.15) is 18.5 Å². The average molecular weight is 315 g/mol. The zero-order valence-corrected chi connectivity index (χ0v) is 13.4. The van der Waals surface area contributed by atoms with Gasteiger partial charge in [0, 0.05) is 20.1 Å². The Kier molecular flexibility index (Phi) is 4.57. The monoisotopic (exact) mass is 315 g/mol. The molecule has 0 saturated carbocycles. The lowest BCUT2D eigenvalue weighted by molar-refractivity contribution is 0.0426. The lowest BCUT2D eigenvalue weighted by Crippen LogP contribution is -2.47. The van der Waals surface area contributed by atoms with Crippen LogP contribution in [0.15, 0.2) is 36.9 Å². The minimum Gasteiger partial charge on any atom is -0.378 e. The van der Waals surface area contributed by atoms with E-state index in [2.05, 4.69) is 10.1 Å². The Labute approximate surface area is 135 Å². The van der Waals surface area contributed by atoms with Gasteiger partial charge in [-0.1, -0.05) is 12.1 Å². The summed E-state index contributed by atoms with van der Waals surface area (Å²) in [6.45, 7) is 4.56. The summed E-state index contributed by atoms with van der Waals surface area (Å²) in [5, 5.41) is 4.11. The highest BCUT2D eigenvalue weighted by Crippen LogP contribution is 2.21. The van der Waals surface area contributed by atoms with Crippen LogP contribution in [0.3, 0.4) is 0 Å². The first kappa shape index (κ1) is 15.5. The van der Waals surface area contributed by atoms with Gasteiger partial charge in [0.1, 0.15) is 12.7 Å². The lowest BCUT2D eigenvalue weighted by Gasteiger charge is -2.34. The molecule has 0 N–H and O–H groups in total. The first-order valence-corrected chi connectivity index (χ1v) is 7.71. The van der Waals surface area contributed by atoms with Crippen molar-refractivity contribution in [2.45, 2.75) is 13.0 Å². The molecule has 23 heavy (non-hydrogen) atoms. The quantitative estimate of drug-likeness (QED) is 0.865. The SMILES string of the molecule is C[C@@H](c1ccc(-n2cncn2)cc1)N(C)C(=O)N1CCOCC1. The van der Waals surface area contributed by atoms with Crippen molar-refractivity contribution in [3.63, 3.8) is 0 Å². The first-order chi connectivity index (χ1) is 11.2. The molecule has 1 fully saturated rings. The van der Waals surface area contributed by atoms with Gasteiger partial charge in [-0.25, -0.2) is 14.5 Å². The number of carbonyl (C=O) groups excluding carboxylic acids is 1. The highest BCUT2D eigenvalue weighted by Gasteiger charge is 2.24. The van der Waals surface area contributed by atoms with E-state index in [1.54, 1.807) is 15.9 Å². The highest BCUT2D eigenvalue weighted by molar-refractivity contribution is 5.74. The maximum absolute atomic E-state index is 12.5. The Balaban J connectivity index is 1.69. The molecule has 7 heteroatoms. The van der Waals surface area contributed by atoms with Gasteiger partial charge in [-0.05, 0) is 24.6 Å². The summed E-state index contributed by atoms with van der Waals surface area (Å²) in [6, 6.07) is 8.03. The van der Waals surface area contributed by atoms with Crippen LogP contribution in [0.25, 0.3) is 5.69 Å². The fourth-order valence-corrected chi connectivity index (χ4v) is 2.61. The third kappa shape index (κ3) is 3.34. The summed E-state index contributed by atoms with van der Waals surface area (Å²) in [5.74, 6) is 0. The second kappa shape index (κ2) is 6.78. The van der Waals surface area contributed by atoms with Gasteiger partial charge in [-0.3, -0.25) is 0 Å². The predicted molar refractivity (Wildman–Crippen MR) is 85.3 cm³/mol. The Bertz CT molecular complexity index is 635. The number of amides is 2. The fourth-order valence-electron chi connectivity index (χ4n) is 2.61. The smallest absolute Gasteiger partial charge is 0.320 e. The number of hydrogen-bond acceptors (Lipinski definition) is 4. The van der Waals surface area contributed by atoms with Crippen molar-refractivity contribution in [3.8, 4) is 5.69 Å². The second-order valence-electron chi connectivity index (χ2n) is 5.60. The summed E-state index contributed by atoms with van der Waals surface area (Å²) in [7, 11) is 1.84. The van der Waals surface area contributed by atoms with E-state index in [4.69, 9.17) is 4.74 Å². The van der Waals surface area contributed by atoms with Crippen molar-refractivity contribution in [2.75, 3.05) is 33.4 Å². The minimum absolute atomic E-state index is 0.00450. The van der Waals surface area contributed by atoms with Crippen LogP contribution in [-0.2, 0) is 4.74 Å². The van der Waals surface area contributed by atoms with Crippen molar-refractivity contribution < 1.29 is 9.53 Å². The topological polar surface area (TPSA) is 63.5 Å². The van der Waals surface area contributed by atoms with E-state index in [1.165, 1.54) is 6.33 Å². The van der Waals surface area contributed by atoms with E-state index in [0.717, 1.165) is 11.3 Å². The minimum atomic E-state index is -0.00450. The molecule has 0 bridgehead atoms. The van der Waals surface area contributed by atoms with E-state index >= 15 is 0 Å². The number of rotatable bonds is 3. The van der Waals surface area contributed by atoms with Crippen LogP contribution in [0.4, 0.5) is 4.79 Å². The Morgan fingerprint density at radius 1 is 1.26 bits per heavy atom. The molecule has 1 aliphatic heterocycles. The third-order valence-corrected chi connectivity index (χ3v) is 4.22. The van der Waals surface area contributed by atoms with Crippen molar-refractivity contribution in [3.05, 3.63) is 42.5 Å². The molecule has 1 saturated heterocycles. The molecule has 1 aromatic heterocycles. The van der Waals surface area contributed by atoms with Gasteiger partial charge in [0.25, 0.3) is 0 Å². The summed E-state index contributed by atoms with van der Waals surface area (Å²) in [6.07, 6.45) is 3.16. The number of urea groups is 1. The van der Waals surface area contributed by atoms with Crippen LogP contribution < -0.4 is 0 Å². The molecule has 3 rings (SSSR count). The molecule has 2 amide bonds. The number of benzene rings is 1. The summed E-state index contributed by atoms with van der Waals surface area (Å²) in [5.41, 5.74) is 2.03. The Morgan fingerprint density at radius 3 is 2.57 bits per heavy atom. The molecule has 7 nitrogen and oxygen atoms in total. The zero-order chi connectivity index (χ0) is 16.2. The molecular weight excluding hydrogens is 294 g/mol. The fraction of sp³-hybridized carbons (Fsp3) is 0.438. The van der Waals surface area contributed by atoms with Gasteiger partial charge in [-0.2, -0.15) is 5.10 Å². The normalized spacial score (nSPS) is 16.2. The van der Waals surface area contributed by atoms with E-state index in [-0.39, 0.29) is 12.1 Å². The highest BCUT2D eigenvalue weighted by atomic mass is 16.5. The molecule has 2 heterocycles. The molecule has 0 radical (unpaired) electrons. The number of carbonyl (C=O) groups is 1. The van der Waals surface area contributed by atoms with Crippen LogP contribution in [-0.4, -0.2) is 63.9 Å². The first-order valence-electron chi connectivity index (χ1n) is 7.71. The summed E-state index contributed by atoms with van der Waals surface area (Å²) >= 11 is 0. The molecular formula is C16H21N5O2. The molecule has 122 valence electrons. The third-order valence-electron chi connectivity index (χ3n) is 4.22. The van der Waals surface area contributed by atoms with Gasteiger partial charge < -0.3 is 14.5 Å². The molecule has 2 aromatic rings. The van der Waals surface area contributed by atoms with E-state index in [0.29, 0.717) is 26.3 Å². The number of morpholine rings is 1. The van der Waals surface area contributed by atoms with Crippen LogP contribution in [0, 0.1) is 0 Å². The average Bonchev–Trinajstić information content (AvgIpc) is 3.15. The zero-order valence-electron chi connectivity index (χ0n) is 13.4. The number of hydrogen-bond donors (Lipinski definition) is 0. The second-order valence-corrected chi connectivity index (χ2v) is 5.60. The van der Waals surface area contributed by atoms with Crippen LogP contribution in [0.5, 0.6) is 0 Å². The Hall–Kier alpha value is -2.41. The lowest BCUT2D eigenvalue weighted by atomic mass is 10.1. The number of aromatic nitrogens is 3. The van der Waals surface area contributed by atoms with Gasteiger partial charge in [0.05, 0.1) is 24.9 Å². The van der Waals surface area contributed by atoms with E-state index in [1.807, 2.05) is 43.1 Å². The van der Waals surface area contributed by atoms with E-state index in [9.17, 15) is 4.79 Å². The molecule has 1 aliphatic rings. The predicted octanol–water partition coefficient (Wildman–Crippen LogP) is 1.71. The van der Waals surface area contributed by atoms with Gasteiger partial charge in [-0.15, -0.1) is 0 Å². The van der Waals surface area contributed by atoms with Crippen molar-refractivity contribution in [2.24, 2.45) is 0 Å². The maximum Gasteiger partial charge on any atom is 0.320 e. The molecule has 1 aromatic carbocycles. The number of ether oxygens (including phenoxy) is 1. The number of nitrogens with zero attached hydrogens (tertiary/aromatic N) is 5. The van der Waals surface area contributed by atoms with Crippen molar-refractivity contribution >= 4 is 6.03 Å². The van der Waals surface area contributed by atoms with Crippen LogP contribution >= 0.6 is 0 Å². The molecule has 0 unspecified atom stereocenters. The summed E-state index contributed by atoms with van der Waals surface area (Å²) < 4.78 is 7.00. The molecule has 0 spiro atoms. The molecule has 1 atom stereocenters. The van der Waals surface area contributed by atoms with Gasteiger partial charge in [0.15, 0.2) is 0 Å². The van der Waals surface area contributed by atoms with Crippen molar-refractivity contribution in [1.82, 2.24) is 24.6 Å². The van der Waals surface area contributed by atoms with E-state index < -0.39 is 0 Å². The Morgan fingerprint density at radius 2 is 1.96 bits per heavy atom. The standard InChI is InChI=1S/C16H21N5O2/c1-13(19(2)16(22)20-7-9-23-10-8-20)14-3-5-15(6-4-14)21-12-17-11-18-21/h3-6,11-13H,7-10H2,1-2H3/t13-/m0/s1. The van der Waals surface area contributed by atoms with Gasteiger partial charge in [0.2, 0.25) is 0 Å². The molecule has 0 aliphatic carbocycles. The van der Waals surface area contributed by atoms with Crippen molar-refractivity contribution in [1.29, 1.82) is 0 Å². The largest absolute Gasteiger partial charge is 0.378 e. The summed E-state index contributed by atoms with van der Waals surface area (Å²) in [4.78, 5) is 20.1.